The van der Waals surface area contributed by atoms with Gasteiger partial charge in [0.25, 0.3) is 17.7 Å². The number of fused-ring (bicyclic) bond motifs is 1. The van der Waals surface area contributed by atoms with Gasteiger partial charge in [-0.3, -0.25) is 14.4 Å². The van der Waals surface area contributed by atoms with Crippen LogP contribution in [0.15, 0.2) is 90.3 Å². The molecule has 4 aromatic rings. The van der Waals surface area contributed by atoms with Crippen molar-refractivity contribution in [2.75, 3.05) is 16.8 Å². The van der Waals surface area contributed by atoms with Crippen molar-refractivity contribution >= 4 is 40.4 Å². The molecule has 0 bridgehead atoms. The number of para-hydroxylation sites is 1. The highest BCUT2D eigenvalue weighted by atomic mass is 32.1. The van der Waals surface area contributed by atoms with Crippen molar-refractivity contribution in [1.82, 2.24) is 5.32 Å². The molecule has 2 N–H and O–H groups in total. The van der Waals surface area contributed by atoms with Crippen LogP contribution in [0.25, 0.3) is 0 Å². The Morgan fingerprint density at radius 1 is 0.800 bits per heavy atom. The van der Waals surface area contributed by atoms with Crippen molar-refractivity contribution in [1.29, 1.82) is 0 Å². The summed E-state index contributed by atoms with van der Waals surface area (Å²) >= 11 is 1.39. The summed E-state index contributed by atoms with van der Waals surface area (Å²) in [6, 6.07) is 25.6. The summed E-state index contributed by atoms with van der Waals surface area (Å²) in [6.07, 6.45) is 0.857. The Hall–Kier alpha value is -4.23. The van der Waals surface area contributed by atoms with Crippen molar-refractivity contribution in [2.45, 2.75) is 13.0 Å². The van der Waals surface area contributed by atoms with E-state index in [1.807, 2.05) is 41.8 Å². The van der Waals surface area contributed by atoms with Crippen LogP contribution in [0.4, 0.5) is 11.4 Å². The van der Waals surface area contributed by atoms with Crippen molar-refractivity contribution in [3.8, 4) is 0 Å². The first kappa shape index (κ1) is 22.6. The molecule has 1 aliphatic heterocycles. The van der Waals surface area contributed by atoms with Crippen molar-refractivity contribution in [3.63, 3.8) is 0 Å². The number of rotatable bonds is 6. The molecule has 7 heteroatoms. The van der Waals surface area contributed by atoms with E-state index in [4.69, 9.17) is 0 Å². The molecule has 0 unspecified atom stereocenters. The van der Waals surface area contributed by atoms with Gasteiger partial charge in [-0.05, 0) is 71.5 Å². The molecular formula is C28H23N3O3S. The van der Waals surface area contributed by atoms with Gasteiger partial charge in [0.2, 0.25) is 0 Å². The molecule has 2 heterocycles. The first-order valence-electron chi connectivity index (χ1n) is 11.3. The van der Waals surface area contributed by atoms with E-state index in [2.05, 4.69) is 16.7 Å². The second kappa shape index (κ2) is 9.95. The lowest BCUT2D eigenvalue weighted by Gasteiger charge is -2.17. The summed E-state index contributed by atoms with van der Waals surface area (Å²) in [5.41, 5.74) is 4.74. The number of hydrogen-bond donors (Lipinski definition) is 2. The molecule has 174 valence electrons. The third-order valence-electron chi connectivity index (χ3n) is 5.94. The highest BCUT2D eigenvalue weighted by Crippen LogP contribution is 2.29. The standard InChI is InChI=1S/C28H23N3O3S/c32-26(21-9-7-19(8-10-21)18-29-27(33)25-6-3-17-35-25)30-23-13-11-22(12-14-23)28(34)31-16-15-20-4-1-2-5-24(20)31/h1-14,17H,15-16,18H2,(H,29,33)(H,30,32). The van der Waals surface area contributed by atoms with Crippen LogP contribution in [-0.4, -0.2) is 24.3 Å². The number of carbonyl (C=O) groups excluding carboxylic acids is 3. The number of carbonyl (C=O) groups is 3. The second-order valence-corrected chi connectivity index (χ2v) is 9.17. The van der Waals surface area contributed by atoms with Crippen molar-refractivity contribution < 1.29 is 14.4 Å². The number of amides is 3. The third kappa shape index (κ3) is 5.00. The smallest absolute Gasteiger partial charge is 0.261 e. The molecule has 0 saturated heterocycles. The number of nitrogens with zero attached hydrogens (tertiary/aromatic N) is 1. The summed E-state index contributed by atoms with van der Waals surface area (Å²) in [7, 11) is 0. The normalized spacial score (nSPS) is 12.2. The molecule has 6 nitrogen and oxygen atoms in total. The van der Waals surface area contributed by atoms with E-state index in [1.165, 1.54) is 16.9 Å². The van der Waals surface area contributed by atoms with E-state index in [0.717, 1.165) is 17.7 Å². The predicted octanol–water partition coefficient (Wildman–Crippen LogP) is 5.13. The Morgan fingerprint density at radius 2 is 1.54 bits per heavy atom. The van der Waals surface area contributed by atoms with Gasteiger partial charge in [0.1, 0.15) is 0 Å². The van der Waals surface area contributed by atoms with Gasteiger partial charge in [-0.15, -0.1) is 11.3 Å². The Balaban J connectivity index is 1.17. The van der Waals surface area contributed by atoms with Gasteiger partial charge in [0, 0.05) is 35.6 Å². The van der Waals surface area contributed by atoms with Crippen LogP contribution < -0.4 is 15.5 Å². The molecule has 35 heavy (non-hydrogen) atoms. The lowest BCUT2D eigenvalue weighted by atomic mass is 10.1. The predicted molar refractivity (Wildman–Crippen MR) is 138 cm³/mol. The van der Waals surface area contributed by atoms with Gasteiger partial charge in [-0.1, -0.05) is 36.4 Å². The Kier molecular flexibility index (Phi) is 6.41. The molecule has 0 spiro atoms. The van der Waals surface area contributed by atoms with E-state index in [9.17, 15) is 14.4 Å². The quantitative estimate of drug-likeness (QED) is 0.401. The minimum atomic E-state index is -0.244. The fourth-order valence-corrected chi connectivity index (χ4v) is 4.70. The SMILES string of the molecule is O=C(Nc1ccc(C(=O)N2CCc3ccccc32)cc1)c1ccc(CNC(=O)c2cccs2)cc1. The van der Waals surface area contributed by atoms with E-state index < -0.39 is 0 Å². The number of hydrogen-bond acceptors (Lipinski definition) is 4. The van der Waals surface area contributed by atoms with Crippen LogP contribution in [0.5, 0.6) is 0 Å². The summed E-state index contributed by atoms with van der Waals surface area (Å²) in [5.74, 6) is -0.404. The van der Waals surface area contributed by atoms with E-state index >= 15 is 0 Å². The Labute approximate surface area is 207 Å². The molecule has 1 aromatic heterocycles. The monoisotopic (exact) mass is 481 g/mol. The molecule has 3 aromatic carbocycles. The fourth-order valence-electron chi connectivity index (χ4n) is 4.06. The van der Waals surface area contributed by atoms with Crippen LogP contribution in [0, 0.1) is 0 Å². The van der Waals surface area contributed by atoms with E-state index in [1.54, 1.807) is 47.4 Å². The van der Waals surface area contributed by atoms with Crippen LogP contribution >= 0.6 is 11.3 Å². The maximum Gasteiger partial charge on any atom is 0.261 e. The molecule has 5 rings (SSSR count). The van der Waals surface area contributed by atoms with E-state index in [0.29, 0.717) is 34.8 Å². The average Bonchev–Trinajstić information content (AvgIpc) is 3.58. The Bertz CT molecular complexity index is 1360. The molecule has 0 aliphatic carbocycles. The van der Waals surface area contributed by atoms with Gasteiger partial charge in [0.05, 0.1) is 4.88 Å². The summed E-state index contributed by atoms with van der Waals surface area (Å²) < 4.78 is 0. The number of nitrogens with one attached hydrogen (secondary N) is 2. The molecule has 0 atom stereocenters. The van der Waals surface area contributed by atoms with Crippen molar-refractivity contribution in [2.24, 2.45) is 0 Å². The van der Waals surface area contributed by atoms with Crippen LogP contribution in [0.2, 0.25) is 0 Å². The summed E-state index contributed by atoms with van der Waals surface area (Å²) in [4.78, 5) is 40.2. The van der Waals surface area contributed by atoms with Gasteiger partial charge in [-0.2, -0.15) is 0 Å². The number of anilines is 2. The molecule has 0 fully saturated rings. The zero-order valence-electron chi connectivity index (χ0n) is 18.9. The molecule has 1 aliphatic rings. The molecule has 3 amide bonds. The molecular weight excluding hydrogens is 458 g/mol. The summed E-state index contributed by atoms with van der Waals surface area (Å²) in [5, 5.41) is 7.60. The minimum absolute atomic E-state index is 0.0467. The number of thiophene rings is 1. The zero-order valence-corrected chi connectivity index (χ0v) is 19.7. The van der Waals surface area contributed by atoms with Gasteiger partial charge in [0.15, 0.2) is 0 Å². The minimum Gasteiger partial charge on any atom is -0.347 e. The first-order chi connectivity index (χ1) is 17.1. The van der Waals surface area contributed by atoms with Crippen LogP contribution in [0.3, 0.4) is 0 Å². The summed E-state index contributed by atoms with van der Waals surface area (Å²) in [6.45, 7) is 1.06. The lowest BCUT2D eigenvalue weighted by Crippen LogP contribution is -2.28. The third-order valence-corrected chi connectivity index (χ3v) is 6.80. The molecule has 0 saturated carbocycles. The first-order valence-corrected chi connectivity index (χ1v) is 12.2. The topological polar surface area (TPSA) is 78.5 Å². The number of benzene rings is 3. The van der Waals surface area contributed by atoms with Crippen molar-refractivity contribution in [3.05, 3.63) is 117 Å². The zero-order chi connectivity index (χ0) is 24.2. The van der Waals surface area contributed by atoms with Gasteiger partial charge >= 0.3 is 0 Å². The Morgan fingerprint density at radius 3 is 2.29 bits per heavy atom. The van der Waals surface area contributed by atoms with Gasteiger partial charge < -0.3 is 15.5 Å². The molecule has 0 radical (unpaired) electrons. The van der Waals surface area contributed by atoms with Crippen LogP contribution in [0.1, 0.15) is 41.5 Å². The fraction of sp³-hybridized carbons (Fsp3) is 0.107. The van der Waals surface area contributed by atoms with Gasteiger partial charge in [-0.25, -0.2) is 0 Å². The average molecular weight is 482 g/mol. The second-order valence-electron chi connectivity index (χ2n) is 8.22. The highest BCUT2D eigenvalue weighted by Gasteiger charge is 2.25. The van der Waals surface area contributed by atoms with Crippen LogP contribution in [-0.2, 0) is 13.0 Å². The highest BCUT2D eigenvalue weighted by molar-refractivity contribution is 7.12. The maximum atomic E-state index is 13.0. The van der Waals surface area contributed by atoms with E-state index in [-0.39, 0.29) is 17.7 Å². The largest absolute Gasteiger partial charge is 0.347 e. The lowest BCUT2D eigenvalue weighted by molar-refractivity contribution is 0.0952. The maximum absolute atomic E-state index is 13.0.